The van der Waals surface area contributed by atoms with E-state index in [4.69, 9.17) is 9.47 Å². The first-order valence-corrected chi connectivity index (χ1v) is 7.64. The third kappa shape index (κ3) is 1.45. The molecule has 2 heterocycles. The average molecular weight is 316 g/mol. The Morgan fingerprint density at radius 3 is 2.00 bits per heavy atom. The topological polar surface area (TPSA) is 55.8 Å². The Balaban J connectivity index is 1.94. The number of benzene rings is 3. The molecule has 0 aromatic heterocycles. The summed E-state index contributed by atoms with van der Waals surface area (Å²) in [7, 11) is 0. The lowest BCUT2D eigenvalue weighted by atomic mass is 9.77. The van der Waals surface area contributed by atoms with Gasteiger partial charge in [-0.3, -0.25) is 0 Å². The zero-order chi connectivity index (χ0) is 16.3. The number of aromatic hydroxyl groups is 1. The molecule has 4 nitrogen and oxygen atoms in total. The SMILES string of the molecule is O=C1OC2(c3ccccc3Oc3ccccc32)c2cccc(O)c21. The van der Waals surface area contributed by atoms with Gasteiger partial charge in [-0.25, -0.2) is 4.79 Å². The highest BCUT2D eigenvalue weighted by Gasteiger charge is 2.54. The summed E-state index contributed by atoms with van der Waals surface area (Å²) in [5.74, 6) is 0.672. The molecule has 0 saturated heterocycles. The highest BCUT2D eigenvalue weighted by atomic mass is 16.6. The van der Waals surface area contributed by atoms with E-state index in [0.29, 0.717) is 17.1 Å². The van der Waals surface area contributed by atoms with E-state index in [1.54, 1.807) is 6.07 Å². The molecule has 0 radical (unpaired) electrons. The van der Waals surface area contributed by atoms with Crippen molar-refractivity contribution in [3.05, 3.63) is 89.0 Å². The van der Waals surface area contributed by atoms with Crippen molar-refractivity contribution in [3.8, 4) is 17.2 Å². The molecule has 1 spiro atoms. The Hall–Kier alpha value is -3.27. The number of hydrogen-bond donors (Lipinski definition) is 1. The summed E-state index contributed by atoms with van der Waals surface area (Å²) >= 11 is 0. The fourth-order valence-electron chi connectivity index (χ4n) is 3.65. The highest BCUT2D eigenvalue weighted by molar-refractivity contribution is 5.99. The van der Waals surface area contributed by atoms with E-state index in [-0.39, 0.29) is 11.3 Å². The Morgan fingerprint density at radius 1 is 0.750 bits per heavy atom. The maximum Gasteiger partial charge on any atom is 0.343 e. The van der Waals surface area contributed by atoms with Gasteiger partial charge in [-0.05, 0) is 18.2 Å². The van der Waals surface area contributed by atoms with E-state index >= 15 is 0 Å². The van der Waals surface area contributed by atoms with Gasteiger partial charge in [0.1, 0.15) is 22.8 Å². The predicted octanol–water partition coefficient (Wildman–Crippen LogP) is 3.96. The van der Waals surface area contributed by atoms with Crippen molar-refractivity contribution in [2.24, 2.45) is 0 Å². The zero-order valence-electron chi connectivity index (χ0n) is 12.5. The van der Waals surface area contributed by atoms with Crippen molar-refractivity contribution in [1.82, 2.24) is 0 Å². The van der Waals surface area contributed by atoms with Crippen LogP contribution in [0.15, 0.2) is 66.7 Å². The van der Waals surface area contributed by atoms with Gasteiger partial charge in [0.2, 0.25) is 0 Å². The van der Waals surface area contributed by atoms with Crippen molar-refractivity contribution in [3.63, 3.8) is 0 Å². The minimum Gasteiger partial charge on any atom is -0.507 e. The molecule has 5 rings (SSSR count). The summed E-state index contributed by atoms with van der Waals surface area (Å²) in [6.45, 7) is 0. The summed E-state index contributed by atoms with van der Waals surface area (Å²) in [6, 6.07) is 20.0. The van der Waals surface area contributed by atoms with Gasteiger partial charge >= 0.3 is 5.97 Å². The molecule has 1 N–H and O–H groups in total. The number of phenols is 1. The van der Waals surface area contributed by atoms with Crippen molar-refractivity contribution < 1.29 is 19.4 Å². The molecule has 116 valence electrons. The van der Waals surface area contributed by atoms with E-state index in [0.717, 1.165) is 11.1 Å². The molecule has 0 saturated carbocycles. The molecule has 0 amide bonds. The van der Waals surface area contributed by atoms with Crippen LogP contribution < -0.4 is 4.74 Å². The Morgan fingerprint density at radius 2 is 1.33 bits per heavy atom. The first kappa shape index (κ1) is 13.2. The van der Waals surface area contributed by atoms with Gasteiger partial charge in [0.05, 0.1) is 0 Å². The summed E-state index contributed by atoms with van der Waals surface area (Å²) in [5, 5.41) is 10.2. The third-order valence-electron chi connectivity index (χ3n) is 4.62. The number of rotatable bonds is 0. The zero-order valence-corrected chi connectivity index (χ0v) is 12.5. The summed E-state index contributed by atoms with van der Waals surface area (Å²) in [5.41, 5.74) is 1.25. The van der Waals surface area contributed by atoms with Gasteiger partial charge in [0.25, 0.3) is 0 Å². The molecule has 3 aromatic carbocycles. The number of carbonyl (C=O) groups is 1. The van der Waals surface area contributed by atoms with Gasteiger partial charge in [-0.2, -0.15) is 0 Å². The van der Waals surface area contributed by atoms with Crippen LogP contribution in [0.5, 0.6) is 17.2 Å². The van der Waals surface area contributed by atoms with Crippen LogP contribution in [-0.2, 0) is 10.3 Å². The van der Waals surface area contributed by atoms with E-state index in [9.17, 15) is 9.90 Å². The Kier molecular flexibility index (Phi) is 2.41. The molecule has 0 unspecified atom stereocenters. The van der Waals surface area contributed by atoms with Crippen LogP contribution in [0.1, 0.15) is 27.0 Å². The maximum atomic E-state index is 12.6. The van der Waals surface area contributed by atoms with Crippen LogP contribution in [0.2, 0.25) is 0 Å². The van der Waals surface area contributed by atoms with Crippen LogP contribution >= 0.6 is 0 Å². The van der Waals surface area contributed by atoms with E-state index in [1.165, 1.54) is 6.07 Å². The molecular formula is C20H12O4. The van der Waals surface area contributed by atoms with Gasteiger partial charge in [-0.1, -0.05) is 48.5 Å². The van der Waals surface area contributed by atoms with E-state index in [2.05, 4.69) is 0 Å². The number of phenolic OH excluding ortho intramolecular Hbond substituents is 1. The summed E-state index contributed by atoms with van der Waals surface area (Å²) in [4.78, 5) is 12.6. The largest absolute Gasteiger partial charge is 0.507 e. The fourth-order valence-corrected chi connectivity index (χ4v) is 3.65. The minimum atomic E-state index is -1.10. The van der Waals surface area contributed by atoms with Crippen LogP contribution in [0, 0.1) is 0 Å². The Labute approximate surface area is 137 Å². The molecule has 0 bridgehead atoms. The van der Waals surface area contributed by atoms with Gasteiger partial charge < -0.3 is 14.6 Å². The quantitative estimate of drug-likeness (QED) is 0.638. The normalized spacial score (nSPS) is 15.9. The van der Waals surface area contributed by atoms with Crippen molar-refractivity contribution in [2.75, 3.05) is 0 Å². The number of carbonyl (C=O) groups excluding carboxylic acids is 1. The van der Waals surface area contributed by atoms with Crippen molar-refractivity contribution in [2.45, 2.75) is 5.60 Å². The van der Waals surface area contributed by atoms with Crippen LogP contribution in [0.25, 0.3) is 0 Å². The molecule has 0 aliphatic carbocycles. The average Bonchev–Trinajstić information content (AvgIpc) is 2.90. The first-order chi connectivity index (χ1) is 11.7. The first-order valence-electron chi connectivity index (χ1n) is 7.64. The fraction of sp³-hybridized carbons (Fsp3) is 0.0500. The van der Waals surface area contributed by atoms with Crippen LogP contribution in [0.4, 0.5) is 0 Å². The Bertz CT molecular complexity index is 961. The second-order valence-electron chi connectivity index (χ2n) is 5.86. The lowest BCUT2D eigenvalue weighted by molar-refractivity contribution is 0.0223. The molecule has 24 heavy (non-hydrogen) atoms. The number of esters is 1. The van der Waals surface area contributed by atoms with E-state index in [1.807, 2.05) is 54.6 Å². The second-order valence-corrected chi connectivity index (χ2v) is 5.86. The smallest absolute Gasteiger partial charge is 0.343 e. The molecule has 2 aliphatic heterocycles. The number of para-hydroxylation sites is 2. The van der Waals surface area contributed by atoms with Gasteiger partial charge in [0, 0.05) is 16.7 Å². The molecule has 2 aliphatic rings. The molecular weight excluding hydrogens is 304 g/mol. The van der Waals surface area contributed by atoms with E-state index < -0.39 is 11.6 Å². The van der Waals surface area contributed by atoms with Crippen molar-refractivity contribution >= 4 is 5.97 Å². The molecule has 4 heteroatoms. The monoisotopic (exact) mass is 316 g/mol. The standard InChI is InChI=1S/C20H12O4/c21-15-9-5-8-14-18(15)19(22)24-20(14)12-6-1-3-10-16(12)23-17-11-4-2-7-13(17)20/h1-11,21H. The predicted molar refractivity (Wildman–Crippen MR) is 86.4 cm³/mol. The molecule has 3 aromatic rings. The number of ether oxygens (including phenoxy) is 2. The lowest BCUT2D eigenvalue weighted by Gasteiger charge is -2.36. The molecule has 0 atom stereocenters. The summed E-state index contributed by atoms with van der Waals surface area (Å²) < 4.78 is 11.9. The van der Waals surface area contributed by atoms with Crippen molar-refractivity contribution in [1.29, 1.82) is 0 Å². The number of hydrogen-bond acceptors (Lipinski definition) is 4. The van der Waals surface area contributed by atoms with Crippen LogP contribution in [-0.4, -0.2) is 11.1 Å². The molecule has 0 fully saturated rings. The number of fused-ring (bicyclic) bond motifs is 6. The van der Waals surface area contributed by atoms with Gasteiger partial charge in [0.15, 0.2) is 5.60 Å². The second kappa shape index (κ2) is 4.38. The third-order valence-corrected chi connectivity index (χ3v) is 4.62. The minimum absolute atomic E-state index is 0.0733. The van der Waals surface area contributed by atoms with Crippen LogP contribution in [0.3, 0.4) is 0 Å². The summed E-state index contributed by atoms with van der Waals surface area (Å²) in [6.07, 6.45) is 0. The highest BCUT2D eigenvalue weighted by Crippen LogP contribution is 2.56. The lowest BCUT2D eigenvalue weighted by Crippen LogP contribution is -2.32. The maximum absolute atomic E-state index is 12.6. The van der Waals surface area contributed by atoms with Gasteiger partial charge in [-0.15, -0.1) is 0 Å².